The van der Waals surface area contributed by atoms with E-state index in [0.29, 0.717) is 11.6 Å². The number of amides is 1. The van der Waals surface area contributed by atoms with E-state index >= 15 is 0 Å². The number of nitrogens with two attached hydrogens (primary N) is 1. The van der Waals surface area contributed by atoms with Crippen molar-refractivity contribution in [2.45, 2.75) is 46.0 Å². The van der Waals surface area contributed by atoms with Gasteiger partial charge in [0.25, 0.3) is 5.91 Å². The third-order valence-corrected chi connectivity index (χ3v) is 4.31. The molecule has 1 aliphatic carbocycles. The molecule has 1 amide bonds. The Morgan fingerprint density at radius 2 is 1.95 bits per heavy atom. The number of hydrogen-bond acceptors (Lipinski definition) is 4. The molecular formula is C16H25N3O2. The number of carbonyl (C=O) groups is 2. The highest BCUT2D eigenvalue weighted by molar-refractivity contribution is 6.09. The molecular weight excluding hydrogens is 266 g/mol. The van der Waals surface area contributed by atoms with Crippen LogP contribution >= 0.6 is 0 Å². The molecule has 2 fully saturated rings. The fourth-order valence-electron chi connectivity index (χ4n) is 2.91. The van der Waals surface area contributed by atoms with Gasteiger partial charge in [0.15, 0.2) is 5.78 Å². The smallest absolute Gasteiger partial charge is 0.270 e. The van der Waals surface area contributed by atoms with Crippen LogP contribution in [0.15, 0.2) is 16.3 Å². The normalized spacial score (nSPS) is 24.5. The molecule has 0 atom stereocenters. The maximum absolute atomic E-state index is 12.5. The summed E-state index contributed by atoms with van der Waals surface area (Å²) >= 11 is 0. The van der Waals surface area contributed by atoms with Crippen LogP contribution in [0.3, 0.4) is 0 Å². The predicted octanol–water partition coefficient (Wildman–Crippen LogP) is 1.67. The largest absolute Gasteiger partial charge is 0.394 e. The number of hydrogen-bond donors (Lipinski definition) is 1. The van der Waals surface area contributed by atoms with Crippen molar-refractivity contribution in [3.8, 4) is 0 Å². The highest BCUT2D eigenvalue weighted by Crippen LogP contribution is 2.25. The lowest BCUT2D eigenvalue weighted by Gasteiger charge is -2.30. The van der Waals surface area contributed by atoms with E-state index in [2.05, 4.69) is 11.9 Å². The lowest BCUT2D eigenvalue weighted by Crippen LogP contribution is -2.40. The third-order valence-electron chi connectivity index (χ3n) is 4.31. The molecule has 0 unspecified atom stereocenters. The summed E-state index contributed by atoms with van der Waals surface area (Å²) < 4.78 is 0. The molecule has 0 spiro atoms. The zero-order valence-electron chi connectivity index (χ0n) is 13.0. The molecule has 0 aromatic carbocycles. The van der Waals surface area contributed by atoms with Gasteiger partial charge in [-0.05, 0) is 44.9 Å². The predicted molar refractivity (Wildman–Crippen MR) is 83.0 cm³/mol. The number of Topliss-reactive ketones (excluding diaryl/α,β-unsaturated/α-hetero) is 1. The minimum atomic E-state index is -0.0608. The molecule has 0 aromatic heterocycles. The van der Waals surface area contributed by atoms with Gasteiger partial charge in [-0.25, -0.2) is 0 Å². The SMILES string of the molecule is CC(=O)CN=C1CCC/C1=C(/N)C(=O)N1CCC(C)CC1. The monoisotopic (exact) mass is 291 g/mol. The first-order chi connectivity index (χ1) is 9.99. The zero-order chi connectivity index (χ0) is 15.4. The van der Waals surface area contributed by atoms with Gasteiger partial charge in [-0.1, -0.05) is 6.92 Å². The molecule has 5 heteroatoms. The van der Waals surface area contributed by atoms with Crippen LogP contribution in [0.25, 0.3) is 0 Å². The Balaban J connectivity index is 2.11. The molecule has 2 aliphatic rings. The standard InChI is InChI=1S/C16H25N3O2/c1-11-6-8-19(9-7-11)16(21)15(17)13-4-3-5-14(13)18-10-12(2)20/h11H,3-10,17H2,1-2H3/b15-13-,18-14?. The second-order valence-electron chi connectivity index (χ2n) is 6.19. The van der Waals surface area contributed by atoms with Crippen LogP contribution in [-0.2, 0) is 9.59 Å². The Hall–Kier alpha value is -1.65. The number of allylic oxidation sites excluding steroid dienone is 1. The zero-order valence-corrected chi connectivity index (χ0v) is 13.0. The second-order valence-corrected chi connectivity index (χ2v) is 6.19. The molecule has 1 saturated heterocycles. The quantitative estimate of drug-likeness (QED) is 0.804. The highest BCUT2D eigenvalue weighted by Gasteiger charge is 2.26. The molecule has 1 saturated carbocycles. The van der Waals surface area contributed by atoms with Gasteiger partial charge in [0.2, 0.25) is 0 Å². The molecule has 2 N–H and O–H groups in total. The van der Waals surface area contributed by atoms with E-state index < -0.39 is 0 Å². The molecule has 1 heterocycles. The first-order valence-corrected chi connectivity index (χ1v) is 7.80. The molecule has 0 radical (unpaired) electrons. The van der Waals surface area contributed by atoms with Crippen molar-refractivity contribution in [1.29, 1.82) is 0 Å². The van der Waals surface area contributed by atoms with Crippen LogP contribution in [0.5, 0.6) is 0 Å². The Kier molecular flexibility index (Phi) is 5.15. The van der Waals surface area contributed by atoms with Crippen molar-refractivity contribution >= 4 is 17.4 Å². The topological polar surface area (TPSA) is 75.8 Å². The molecule has 21 heavy (non-hydrogen) atoms. The Bertz CT molecular complexity index is 486. The van der Waals surface area contributed by atoms with Gasteiger partial charge in [-0.2, -0.15) is 0 Å². The fourth-order valence-corrected chi connectivity index (χ4v) is 2.91. The number of nitrogens with zero attached hydrogens (tertiary/aromatic N) is 2. The van der Waals surface area contributed by atoms with E-state index in [1.807, 2.05) is 4.90 Å². The van der Waals surface area contributed by atoms with Gasteiger partial charge in [0.05, 0.1) is 6.54 Å². The van der Waals surface area contributed by atoms with Gasteiger partial charge in [0.1, 0.15) is 5.70 Å². The van der Waals surface area contributed by atoms with E-state index in [1.54, 1.807) is 0 Å². The van der Waals surface area contributed by atoms with Crippen molar-refractivity contribution in [2.75, 3.05) is 19.6 Å². The number of likely N-dealkylation sites (tertiary alicyclic amines) is 1. The minimum Gasteiger partial charge on any atom is -0.394 e. The molecule has 116 valence electrons. The van der Waals surface area contributed by atoms with E-state index in [-0.39, 0.29) is 18.2 Å². The summed E-state index contributed by atoms with van der Waals surface area (Å²) in [4.78, 5) is 29.7. The molecule has 2 rings (SSSR count). The molecule has 1 aliphatic heterocycles. The summed E-state index contributed by atoms with van der Waals surface area (Å²) in [6.45, 7) is 5.49. The van der Waals surface area contributed by atoms with Gasteiger partial charge >= 0.3 is 0 Å². The van der Waals surface area contributed by atoms with Crippen molar-refractivity contribution in [1.82, 2.24) is 4.90 Å². The maximum atomic E-state index is 12.5. The Morgan fingerprint density at radius 1 is 1.29 bits per heavy atom. The summed E-state index contributed by atoms with van der Waals surface area (Å²) in [5.41, 5.74) is 8.15. The Morgan fingerprint density at radius 3 is 2.57 bits per heavy atom. The lowest BCUT2D eigenvalue weighted by molar-refractivity contribution is -0.128. The van der Waals surface area contributed by atoms with Gasteiger partial charge in [-0.15, -0.1) is 0 Å². The molecule has 0 aromatic rings. The Labute approximate surface area is 126 Å². The van der Waals surface area contributed by atoms with Gasteiger partial charge < -0.3 is 10.6 Å². The minimum absolute atomic E-state index is 0.0312. The van der Waals surface area contributed by atoms with Crippen molar-refractivity contribution in [3.63, 3.8) is 0 Å². The first kappa shape index (κ1) is 15.7. The highest BCUT2D eigenvalue weighted by atomic mass is 16.2. The lowest BCUT2D eigenvalue weighted by atomic mass is 9.98. The summed E-state index contributed by atoms with van der Waals surface area (Å²) in [7, 11) is 0. The fraction of sp³-hybridized carbons (Fsp3) is 0.688. The first-order valence-electron chi connectivity index (χ1n) is 7.80. The summed E-state index contributed by atoms with van der Waals surface area (Å²) in [5.74, 6) is 0.653. The van der Waals surface area contributed by atoms with Crippen molar-refractivity contribution < 1.29 is 9.59 Å². The number of ketones is 1. The second kappa shape index (κ2) is 6.87. The van der Waals surface area contributed by atoms with Crippen LogP contribution < -0.4 is 5.73 Å². The van der Waals surface area contributed by atoms with Crippen LogP contribution in [0, 0.1) is 5.92 Å². The number of rotatable bonds is 3. The van der Waals surface area contributed by atoms with E-state index in [1.165, 1.54) is 6.92 Å². The summed E-state index contributed by atoms with van der Waals surface area (Å²) in [6, 6.07) is 0. The third kappa shape index (κ3) is 3.93. The van der Waals surface area contributed by atoms with Crippen LogP contribution in [0.1, 0.15) is 46.0 Å². The average molecular weight is 291 g/mol. The average Bonchev–Trinajstić information content (AvgIpc) is 2.92. The van der Waals surface area contributed by atoms with Crippen LogP contribution in [0.2, 0.25) is 0 Å². The van der Waals surface area contributed by atoms with E-state index in [4.69, 9.17) is 5.73 Å². The summed E-state index contributed by atoms with van der Waals surface area (Å²) in [5, 5.41) is 0. The van der Waals surface area contributed by atoms with Crippen molar-refractivity contribution in [3.05, 3.63) is 11.3 Å². The van der Waals surface area contributed by atoms with Gasteiger partial charge in [-0.3, -0.25) is 14.6 Å². The number of aliphatic imine (C=N–C) groups is 1. The van der Waals surface area contributed by atoms with Crippen molar-refractivity contribution in [2.24, 2.45) is 16.6 Å². The number of carbonyl (C=O) groups excluding carboxylic acids is 2. The van der Waals surface area contributed by atoms with Gasteiger partial charge in [0, 0.05) is 24.4 Å². The molecule has 5 nitrogen and oxygen atoms in total. The van der Waals surface area contributed by atoms with E-state index in [9.17, 15) is 9.59 Å². The van der Waals surface area contributed by atoms with Crippen LogP contribution in [0.4, 0.5) is 0 Å². The van der Waals surface area contributed by atoms with Crippen LogP contribution in [-0.4, -0.2) is 41.9 Å². The maximum Gasteiger partial charge on any atom is 0.270 e. The summed E-state index contributed by atoms with van der Waals surface area (Å²) in [6.07, 6.45) is 4.64. The molecule has 0 bridgehead atoms. The van der Waals surface area contributed by atoms with E-state index in [0.717, 1.165) is 56.5 Å². The number of piperidine rings is 1.